The van der Waals surface area contributed by atoms with Crippen LogP contribution in [0.15, 0.2) is 42.5 Å². The van der Waals surface area contributed by atoms with Crippen molar-refractivity contribution in [2.45, 2.75) is 33.6 Å². The molecule has 3 rings (SSSR count). The van der Waals surface area contributed by atoms with E-state index in [0.29, 0.717) is 18.5 Å². The molecular weight excluding hydrogens is 312 g/mol. The maximum Gasteiger partial charge on any atom is 0.258 e. The largest absolute Gasteiger partial charge is 0.312 e. The number of amides is 2. The first-order valence-electron chi connectivity index (χ1n) is 8.81. The van der Waals surface area contributed by atoms with Crippen molar-refractivity contribution in [2.75, 3.05) is 22.9 Å². The van der Waals surface area contributed by atoms with Crippen LogP contribution in [0.2, 0.25) is 0 Å². The van der Waals surface area contributed by atoms with E-state index in [1.54, 1.807) is 9.80 Å². The average Bonchev–Trinajstić information content (AvgIpc) is 3.04. The summed E-state index contributed by atoms with van der Waals surface area (Å²) in [5.41, 5.74) is 4.57. The summed E-state index contributed by atoms with van der Waals surface area (Å²) in [4.78, 5) is 28.7. The van der Waals surface area contributed by atoms with Gasteiger partial charge in [0.05, 0.1) is 0 Å². The fourth-order valence-electron chi connectivity index (χ4n) is 3.32. The number of aryl methyl sites for hydroxylation is 2. The molecule has 0 bridgehead atoms. The van der Waals surface area contributed by atoms with E-state index >= 15 is 0 Å². The fraction of sp³-hybridized carbons (Fsp3) is 0.333. The lowest BCUT2D eigenvalue weighted by Crippen LogP contribution is -2.31. The highest BCUT2D eigenvalue weighted by Gasteiger charge is 2.23. The number of hydrogen-bond acceptors (Lipinski definition) is 2. The van der Waals surface area contributed by atoms with Crippen molar-refractivity contribution < 1.29 is 9.59 Å². The molecular formula is C21H24N2O2. The van der Waals surface area contributed by atoms with Crippen LogP contribution < -0.4 is 9.80 Å². The highest BCUT2D eigenvalue weighted by atomic mass is 16.2. The Morgan fingerprint density at radius 1 is 1.16 bits per heavy atom. The van der Waals surface area contributed by atoms with Crippen molar-refractivity contribution in [1.82, 2.24) is 0 Å². The van der Waals surface area contributed by atoms with Crippen LogP contribution in [-0.4, -0.2) is 24.9 Å². The van der Waals surface area contributed by atoms with Gasteiger partial charge in [-0.15, -0.1) is 0 Å². The highest BCUT2D eigenvalue weighted by Crippen LogP contribution is 2.26. The lowest BCUT2D eigenvalue weighted by Gasteiger charge is -2.24. The van der Waals surface area contributed by atoms with Gasteiger partial charge in [-0.1, -0.05) is 18.2 Å². The Bertz CT molecular complexity index is 813. The molecule has 2 amide bonds. The Kier molecular flexibility index (Phi) is 4.88. The SMILES string of the molecule is CCN(C(=O)c1cccc(N2CCCC2=O)c1)c1cc(C)ccc1C. The van der Waals surface area contributed by atoms with E-state index in [4.69, 9.17) is 0 Å². The second-order valence-electron chi connectivity index (χ2n) is 6.54. The quantitative estimate of drug-likeness (QED) is 0.843. The molecule has 0 atom stereocenters. The second-order valence-corrected chi connectivity index (χ2v) is 6.54. The van der Waals surface area contributed by atoms with Crippen LogP contribution in [0.3, 0.4) is 0 Å². The molecule has 1 fully saturated rings. The Morgan fingerprint density at radius 2 is 1.96 bits per heavy atom. The van der Waals surface area contributed by atoms with E-state index in [1.165, 1.54) is 0 Å². The number of hydrogen-bond donors (Lipinski definition) is 0. The minimum atomic E-state index is -0.0373. The van der Waals surface area contributed by atoms with Crippen LogP contribution in [0.25, 0.3) is 0 Å². The van der Waals surface area contributed by atoms with E-state index in [1.807, 2.05) is 57.2 Å². The molecule has 0 radical (unpaired) electrons. The third-order valence-corrected chi connectivity index (χ3v) is 4.70. The molecule has 0 aliphatic carbocycles. The summed E-state index contributed by atoms with van der Waals surface area (Å²) in [5, 5.41) is 0. The van der Waals surface area contributed by atoms with Gasteiger partial charge in [-0.25, -0.2) is 0 Å². The van der Waals surface area contributed by atoms with Crippen molar-refractivity contribution in [2.24, 2.45) is 0 Å². The Labute approximate surface area is 149 Å². The lowest BCUT2D eigenvalue weighted by atomic mass is 10.1. The normalized spacial score (nSPS) is 14.0. The van der Waals surface area contributed by atoms with E-state index in [-0.39, 0.29) is 11.8 Å². The van der Waals surface area contributed by atoms with Gasteiger partial charge >= 0.3 is 0 Å². The molecule has 1 aliphatic rings. The predicted molar refractivity (Wildman–Crippen MR) is 101 cm³/mol. The van der Waals surface area contributed by atoms with Crippen LogP contribution in [0.1, 0.15) is 41.3 Å². The van der Waals surface area contributed by atoms with Gasteiger partial charge in [0.1, 0.15) is 0 Å². The van der Waals surface area contributed by atoms with Gasteiger partial charge in [-0.3, -0.25) is 9.59 Å². The number of carbonyl (C=O) groups excluding carboxylic acids is 2. The number of benzene rings is 2. The summed E-state index contributed by atoms with van der Waals surface area (Å²) >= 11 is 0. The molecule has 25 heavy (non-hydrogen) atoms. The van der Waals surface area contributed by atoms with Crippen LogP contribution in [-0.2, 0) is 4.79 Å². The topological polar surface area (TPSA) is 40.6 Å². The fourth-order valence-corrected chi connectivity index (χ4v) is 3.32. The Hall–Kier alpha value is -2.62. The lowest BCUT2D eigenvalue weighted by molar-refractivity contribution is -0.117. The summed E-state index contributed by atoms with van der Waals surface area (Å²) in [6, 6.07) is 13.5. The average molecular weight is 336 g/mol. The minimum Gasteiger partial charge on any atom is -0.312 e. The molecule has 130 valence electrons. The third kappa shape index (κ3) is 3.43. The van der Waals surface area contributed by atoms with Gasteiger partial charge in [0.15, 0.2) is 0 Å². The van der Waals surface area contributed by atoms with Crippen LogP contribution in [0.5, 0.6) is 0 Å². The predicted octanol–water partition coefficient (Wildman–Crippen LogP) is 4.10. The van der Waals surface area contributed by atoms with Crippen molar-refractivity contribution in [3.8, 4) is 0 Å². The number of nitrogens with zero attached hydrogens (tertiary/aromatic N) is 2. The molecule has 1 saturated heterocycles. The van der Waals surface area contributed by atoms with Crippen molar-refractivity contribution >= 4 is 23.2 Å². The molecule has 0 unspecified atom stereocenters. The number of rotatable bonds is 4. The molecule has 0 N–H and O–H groups in total. The monoisotopic (exact) mass is 336 g/mol. The summed E-state index contributed by atoms with van der Waals surface area (Å²) in [5.74, 6) is 0.0937. The summed E-state index contributed by atoms with van der Waals surface area (Å²) < 4.78 is 0. The van der Waals surface area contributed by atoms with Gasteiger partial charge in [0.25, 0.3) is 5.91 Å². The van der Waals surface area contributed by atoms with E-state index in [0.717, 1.165) is 35.5 Å². The number of anilines is 2. The zero-order valence-corrected chi connectivity index (χ0v) is 15.1. The van der Waals surface area contributed by atoms with Crippen molar-refractivity contribution in [1.29, 1.82) is 0 Å². The zero-order chi connectivity index (χ0) is 18.0. The van der Waals surface area contributed by atoms with E-state index in [9.17, 15) is 9.59 Å². The minimum absolute atomic E-state index is 0.0373. The van der Waals surface area contributed by atoms with Crippen LogP contribution >= 0.6 is 0 Å². The Morgan fingerprint density at radius 3 is 2.64 bits per heavy atom. The zero-order valence-electron chi connectivity index (χ0n) is 15.1. The maximum absolute atomic E-state index is 13.1. The highest BCUT2D eigenvalue weighted by molar-refractivity contribution is 6.07. The first-order valence-corrected chi connectivity index (χ1v) is 8.81. The molecule has 4 nitrogen and oxygen atoms in total. The molecule has 2 aromatic rings. The van der Waals surface area contributed by atoms with Gasteiger partial charge in [-0.2, -0.15) is 0 Å². The first kappa shape index (κ1) is 17.2. The first-order chi connectivity index (χ1) is 12.0. The maximum atomic E-state index is 13.1. The van der Waals surface area contributed by atoms with Crippen molar-refractivity contribution in [3.63, 3.8) is 0 Å². The number of carbonyl (C=O) groups is 2. The smallest absolute Gasteiger partial charge is 0.258 e. The van der Waals surface area contributed by atoms with Gasteiger partial charge < -0.3 is 9.80 Å². The van der Waals surface area contributed by atoms with Gasteiger partial charge in [0, 0.05) is 36.4 Å². The molecule has 0 saturated carbocycles. The third-order valence-electron chi connectivity index (χ3n) is 4.70. The summed E-state index contributed by atoms with van der Waals surface area (Å²) in [6.45, 7) is 7.35. The van der Waals surface area contributed by atoms with Gasteiger partial charge in [0.2, 0.25) is 5.91 Å². The summed E-state index contributed by atoms with van der Waals surface area (Å²) in [7, 11) is 0. The summed E-state index contributed by atoms with van der Waals surface area (Å²) in [6.07, 6.45) is 1.46. The molecule has 1 aliphatic heterocycles. The molecule has 1 heterocycles. The standard InChI is InChI=1S/C21H24N2O2/c1-4-22(19-13-15(2)10-11-16(19)3)21(25)17-7-5-8-18(14-17)23-12-6-9-20(23)24/h5,7-8,10-11,13-14H,4,6,9,12H2,1-3H3. The van der Waals surface area contributed by atoms with E-state index in [2.05, 4.69) is 6.07 Å². The molecule has 0 spiro atoms. The van der Waals surface area contributed by atoms with Crippen LogP contribution in [0, 0.1) is 13.8 Å². The van der Waals surface area contributed by atoms with E-state index < -0.39 is 0 Å². The molecule has 0 aromatic heterocycles. The Balaban J connectivity index is 1.93. The molecule has 2 aromatic carbocycles. The van der Waals surface area contributed by atoms with Crippen LogP contribution in [0.4, 0.5) is 11.4 Å². The second kappa shape index (κ2) is 7.09. The van der Waals surface area contributed by atoms with Crippen molar-refractivity contribution in [3.05, 3.63) is 59.2 Å². The van der Waals surface area contributed by atoms with Gasteiger partial charge in [-0.05, 0) is 62.6 Å². The molecule has 4 heteroatoms.